The smallest absolute Gasteiger partial charge is 0.360 e. The van der Waals surface area contributed by atoms with Crippen LogP contribution in [0.25, 0.3) is 5.53 Å². The van der Waals surface area contributed by atoms with Crippen LogP contribution in [0.15, 0.2) is 30.3 Å². The fourth-order valence-electron chi connectivity index (χ4n) is 1.11. The molecule has 6 heteroatoms. The van der Waals surface area contributed by atoms with E-state index in [1.807, 2.05) is 0 Å². The molecular formula is C9H11N2O3P. The maximum atomic E-state index is 11.9. The second-order valence-electron chi connectivity index (χ2n) is 2.65. The van der Waals surface area contributed by atoms with Crippen LogP contribution in [0.5, 0.6) is 0 Å². The van der Waals surface area contributed by atoms with Crippen molar-refractivity contribution in [2.75, 3.05) is 14.2 Å². The summed E-state index contributed by atoms with van der Waals surface area (Å²) in [5.41, 5.74) is 9.22. The molecule has 0 aliphatic rings. The van der Waals surface area contributed by atoms with Gasteiger partial charge in [-0.05, 0) is 12.1 Å². The molecule has 0 heterocycles. The molecule has 0 radical (unpaired) electrons. The Hall–Kier alpha value is -1.25. The molecule has 0 aliphatic carbocycles. The first-order valence-corrected chi connectivity index (χ1v) is 5.71. The van der Waals surface area contributed by atoms with E-state index in [1.54, 1.807) is 30.3 Å². The average molecular weight is 226 g/mol. The lowest BCUT2D eigenvalue weighted by atomic mass is 10.2. The van der Waals surface area contributed by atoms with Gasteiger partial charge in [-0.25, -0.2) is 4.57 Å². The van der Waals surface area contributed by atoms with Crippen molar-refractivity contribution in [1.82, 2.24) is 0 Å². The molecule has 0 atom stereocenters. The zero-order chi connectivity index (χ0) is 11.3. The molecule has 0 fully saturated rings. The molecule has 0 bridgehead atoms. The molecule has 1 aromatic rings. The maximum absolute atomic E-state index is 11.9. The van der Waals surface area contributed by atoms with Crippen LogP contribution in [-0.4, -0.2) is 24.5 Å². The SMILES string of the molecule is COP(=O)(OC)C(=[N+]=[N-])c1ccccc1. The van der Waals surface area contributed by atoms with Crippen molar-refractivity contribution in [2.45, 2.75) is 0 Å². The number of benzene rings is 1. The lowest BCUT2D eigenvalue weighted by Gasteiger charge is -2.08. The van der Waals surface area contributed by atoms with Crippen molar-refractivity contribution in [1.29, 1.82) is 0 Å². The molecule has 0 unspecified atom stereocenters. The van der Waals surface area contributed by atoms with E-state index in [-0.39, 0.29) is 5.45 Å². The summed E-state index contributed by atoms with van der Waals surface area (Å²) in [7, 11) is -1.04. The molecule has 80 valence electrons. The molecule has 1 rings (SSSR count). The number of rotatable bonds is 4. The van der Waals surface area contributed by atoms with E-state index in [9.17, 15) is 4.57 Å². The van der Waals surface area contributed by atoms with E-state index < -0.39 is 7.60 Å². The summed E-state index contributed by atoms with van der Waals surface area (Å²) in [5, 5.41) is 0. The van der Waals surface area contributed by atoms with Gasteiger partial charge >= 0.3 is 13.0 Å². The summed E-state index contributed by atoms with van der Waals surface area (Å²) in [5.74, 6) is 0. The van der Waals surface area contributed by atoms with Gasteiger partial charge in [-0.2, -0.15) is 4.79 Å². The summed E-state index contributed by atoms with van der Waals surface area (Å²) in [6.07, 6.45) is 0. The summed E-state index contributed by atoms with van der Waals surface area (Å²) in [6, 6.07) is 8.56. The van der Waals surface area contributed by atoms with Gasteiger partial charge in [0.25, 0.3) is 0 Å². The highest BCUT2D eigenvalue weighted by Gasteiger charge is 2.39. The van der Waals surface area contributed by atoms with Gasteiger partial charge in [0.2, 0.25) is 0 Å². The van der Waals surface area contributed by atoms with Crippen molar-refractivity contribution in [2.24, 2.45) is 0 Å². The maximum Gasteiger partial charge on any atom is 0.442 e. The molecule has 0 amide bonds. The Morgan fingerprint density at radius 3 is 2.20 bits per heavy atom. The van der Waals surface area contributed by atoms with Crippen LogP contribution in [0, 0.1) is 0 Å². The van der Waals surface area contributed by atoms with Crippen LogP contribution in [-0.2, 0) is 13.6 Å². The minimum absolute atomic E-state index is 0.104. The molecule has 15 heavy (non-hydrogen) atoms. The van der Waals surface area contributed by atoms with Crippen LogP contribution in [0.1, 0.15) is 5.56 Å². The Labute approximate surface area is 87.8 Å². The van der Waals surface area contributed by atoms with E-state index in [1.165, 1.54) is 14.2 Å². The van der Waals surface area contributed by atoms with E-state index in [0.717, 1.165) is 0 Å². The van der Waals surface area contributed by atoms with Gasteiger partial charge < -0.3 is 14.6 Å². The second kappa shape index (κ2) is 5.01. The van der Waals surface area contributed by atoms with E-state index in [2.05, 4.69) is 4.79 Å². The third kappa shape index (κ3) is 2.41. The van der Waals surface area contributed by atoms with Gasteiger partial charge in [-0.1, -0.05) is 18.2 Å². The van der Waals surface area contributed by atoms with Crippen LogP contribution >= 0.6 is 7.60 Å². The first-order valence-electron chi connectivity index (χ1n) is 4.17. The first kappa shape index (κ1) is 11.8. The van der Waals surface area contributed by atoms with Crippen molar-refractivity contribution >= 4 is 13.0 Å². The van der Waals surface area contributed by atoms with Crippen LogP contribution in [0.4, 0.5) is 0 Å². The van der Waals surface area contributed by atoms with Crippen molar-refractivity contribution < 1.29 is 18.4 Å². The molecule has 0 aromatic heterocycles. The van der Waals surface area contributed by atoms with Gasteiger partial charge in [-0.15, -0.1) is 0 Å². The lowest BCUT2D eigenvalue weighted by molar-refractivity contribution is -0.00212. The van der Waals surface area contributed by atoms with Crippen LogP contribution < -0.4 is 0 Å². The lowest BCUT2D eigenvalue weighted by Crippen LogP contribution is -2.06. The van der Waals surface area contributed by atoms with E-state index >= 15 is 0 Å². The van der Waals surface area contributed by atoms with Crippen LogP contribution in [0.3, 0.4) is 0 Å². The van der Waals surface area contributed by atoms with Crippen molar-refractivity contribution in [3.63, 3.8) is 0 Å². The van der Waals surface area contributed by atoms with Crippen molar-refractivity contribution in [3.8, 4) is 0 Å². The van der Waals surface area contributed by atoms with Gasteiger partial charge in [0.1, 0.15) is 0 Å². The summed E-state index contributed by atoms with van der Waals surface area (Å²) in [4.78, 5) is 2.98. The zero-order valence-electron chi connectivity index (χ0n) is 8.45. The fourth-order valence-corrected chi connectivity index (χ4v) is 2.18. The molecule has 1 aromatic carbocycles. The summed E-state index contributed by atoms with van der Waals surface area (Å²) >= 11 is 0. The normalized spacial score (nSPS) is 10.8. The largest absolute Gasteiger partial charge is 0.442 e. The number of hydrogen-bond acceptors (Lipinski definition) is 3. The molecule has 0 saturated heterocycles. The molecular weight excluding hydrogens is 215 g/mol. The van der Waals surface area contributed by atoms with Gasteiger partial charge in [0.05, 0.1) is 5.56 Å². The number of hydrogen-bond donors (Lipinski definition) is 0. The third-order valence-corrected chi connectivity index (χ3v) is 3.69. The molecule has 0 spiro atoms. The summed E-state index contributed by atoms with van der Waals surface area (Å²) < 4.78 is 21.4. The van der Waals surface area contributed by atoms with E-state index in [4.69, 9.17) is 14.6 Å². The molecule has 5 nitrogen and oxygen atoms in total. The Morgan fingerprint density at radius 1 is 1.27 bits per heavy atom. The van der Waals surface area contributed by atoms with E-state index in [0.29, 0.717) is 5.56 Å². The fraction of sp³-hybridized carbons (Fsp3) is 0.222. The highest BCUT2D eigenvalue weighted by atomic mass is 31.2. The Balaban J connectivity index is 3.23. The molecule has 0 N–H and O–H groups in total. The quantitative estimate of drug-likeness (QED) is 0.341. The van der Waals surface area contributed by atoms with Crippen LogP contribution in [0.2, 0.25) is 0 Å². The van der Waals surface area contributed by atoms with Crippen molar-refractivity contribution in [3.05, 3.63) is 41.4 Å². The Kier molecular flexibility index (Phi) is 3.95. The predicted molar refractivity (Wildman–Crippen MR) is 55.8 cm³/mol. The minimum atomic E-state index is -3.51. The summed E-state index contributed by atoms with van der Waals surface area (Å²) in [6.45, 7) is 0. The highest BCUT2D eigenvalue weighted by Crippen LogP contribution is 2.49. The average Bonchev–Trinajstić information content (AvgIpc) is 2.31. The monoisotopic (exact) mass is 226 g/mol. The highest BCUT2D eigenvalue weighted by molar-refractivity contribution is 7.72. The van der Waals surface area contributed by atoms with Gasteiger partial charge in [0.15, 0.2) is 0 Å². The second-order valence-corrected chi connectivity index (χ2v) is 4.80. The molecule has 0 aliphatic heterocycles. The standard InChI is InChI=1S/C9H11N2O3P/c1-13-15(12,14-2)9(11-10)8-6-4-3-5-7-8/h3-7H,1-2H3. The molecule has 0 saturated carbocycles. The number of nitrogens with zero attached hydrogens (tertiary/aromatic N) is 2. The Morgan fingerprint density at radius 2 is 1.80 bits per heavy atom. The Bertz CT molecular complexity index is 418. The van der Waals surface area contributed by atoms with Gasteiger partial charge in [0, 0.05) is 14.2 Å². The predicted octanol–water partition coefficient (Wildman–Crippen LogP) is 2.15. The third-order valence-electron chi connectivity index (χ3n) is 1.87. The van der Waals surface area contributed by atoms with Gasteiger partial charge in [-0.3, -0.25) is 0 Å². The minimum Gasteiger partial charge on any atom is -0.360 e. The first-order chi connectivity index (χ1) is 7.18. The topological polar surface area (TPSA) is 71.9 Å². The zero-order valence-corrected chi connectivity index (χ0v) is 9.35.